The average Bonchev–Trinajstić information content (AvgIpc) is 2.34. The van der Waals surface area contributed by atoms with Gasteiger partial charge in [0, 0.05) is 6.04 Å². The van der Waals surface area contributed by atoms with Crippen LogP contribution in [-0.2, 0) is 11.0 Å². The third-order valence-corrected chi connectivity index (χ3v) is 2.35. The van der Waals surface area contributed by atoms with E-state index in [1.807, 2.05) is 0 Å². The Kier molecular flexibility index (Phi) is 4.92. The molecule has 0 aliphatic rings. The molecule has 0 spiro atoms. The van der Waals surface area contributed by atoms with Crippen LogP contribution in [-0.4, -0.2) is 11.9 Å². The van der Waals surface area contributed by atoms with Crippen molar-refractivity contribution in [3.63, 3.8) is 0 Å². The molecule has 1 amide bonds. The Labute approximate surface area is 114 Å². The molecule has 0 aliphatic carbocycles. The van der Waals surface area contributed by atoms with Crippen LogP contribution in [0.15, 0.2) is 29.8 Å². The summed E-state index contributed by atoms with van der Waals surface area (Å²) in [6, 6.07) is 6.18. The van der Waals surface area contributed by atoms with Crippen LogP contribution in [0.3, 0.4) is 0 Å². The molecule has 1 aromatic rings. The van der Waals surface area contributed by atoms with E-state index in [-0.39, 0.29) is 17.2 Å². The lowest BCUT2D eigenvalue weighted by Crippen LogP contribution is -2.31. The van der Waals surface area contributed by atoms with E-state index in [2.05, 4.69) is 5.32 Å². The second kappa shape index (κ2) is 6.24. The predicted octanol–water partition coefficient (Wildman–Crippen LogP) is 3.14. The van der Waals surface area contributed by atoms with Gasteiger partial charge in [0.05, 0.1) is 5.56 Å². The molecule has 0 bridgehead atoms. The molecule has 0 saturated heterocycles. The minimum absolute atomic E-state index is 0.211. The van der Waals surface area contributed by atoms with Gasteiger partial charge < -0.3 is 5.32 Å². The number of nitrogens with one attached hydrogen (secondary N) is 1. The first-order valence-electron chi connectivity index (χ1n) is 5.84. The number of hydrogen-bond acceptors (Lipinski definition) is 2. The fourth-order valence-electron chi connectivity index (χ4n) is 1.53. The van der Waals surface area contributed by atoms with E-state index >= 15 is 0 Å². The summed E-state index contributed by atoms with van der Waals surface area (Å²) in [5.74, 6) is -0.695. The molecule has 1 aromatic carbocycles. The van der Waals surface area contributed by atoms with Gasteiger partial charge in [-0.2, -0.15) is 18.4 Å². The largest absolute Gasteiger partial charge is 0.416 e. The van der Waals surface area contributed by atoms with Gasteiger partial charge in [0.1, 0.15) is 11.6 Å². The summed E-state index contributed by atoms with van der Waals surface area (Å²) < 4.78 is 38.4. The Balaban J connectivity index is 3.22. The Morgan fingerprint density at radius 2 is 1.95 bits per heavy atom. The highest BCUT2D eigenvalue weighted by Crippen LogP contribution is 2.32. The Hall–Kier alpha value is -2.29. The average molecular weight is 282 g/mol. The second-order valence-corrected chi connectivity index (χ2v) is 4.38. The smallest absolute Gasteiger partial charge is 0.349 e. The summed E-state index contributed by atoms with van der Waals surface area (Å²) >= 11 is 0. The number of nitrogens with zero attached hydrogens (tertiary/aromatic N) is 1. The SMILES string of the molecule is CC(C)NC(=O)C(C#N)=Cc1ccccc1C(F)(F)F. The van der Waals surface area contributed by atoms with Crippen LogP contribution in [0.4, 0.5) is 13.2 Å². The number of halogens is 3. The molecule has 0 heterocycles. The highest BCUT2D eigenvalue weighted by molar-refractivity contribution is 6.01. The van der Waals surface area contributed by atoms with Gasteiger partial charge in [-0.15, -0.1) is 0 Å². The minimum atomic E-state index is -4.54. The Bertz CT molecular complexity index is 569. The number of nitriles is 1. The maximum Gasteiger partial charge on any atom is 0.416 e. The molecule has 0 atom stereocenters. The van der Waals surface area contributed by atoms with Gasteiger partial charge in [-0.3, -0.25) is 4.79 Å². The van der Waals surface area contributed by atoms with Crippen molar-refractivity contribution in [1.82, 2.24) is 5.32 Å². The van der Waals surface area contributed by atoms with Crippen LogP contribution in [0.2, 0.25) is 0 Å². The fourth-order valence-corrected chi connectivity index (χ4v) is 1.53. The summed E-state index contributed by atoms with van der Waals surface area (Å²) in [4.78, 5) is 11.7. The van der Waals surface area contributed by atoms with E-state index in [4.69, 9.17) is 5.26 Å². The van der Waals surface area contributed by atoms with E-state index in [0.717, 1.165) is 12.1 Å². The Morgan fingerprint density at radius 1 is 1.35 bits per heavy atom. The van der Waals surface area contributed by atoms with Gasteiger partial charge >= 0.3 is 6.18 Å². The lowest BCUT2D eigenvalue weighted by molar-refractivity contribution is -0.137. The first-order chi connectivity index (χ1) is 9.25. The molecule has 0 aliphatic heterocycles. The topological polar surface area (TPSA) is 52.9 Å². The molecule has 20 heavy (non-hydrogen) atoms. The molecule has 1 rings (SSSR count). The first-order valence-corrected chi connectivity index (χ1v) is 5.84. The molecule has 3 nitrogen and oxygen atoms in total. The number of hydrogen-bond donors (Lipinski definition) is 1. The van der Waals surface area contributed by atoms with E-state index in [1.165, 1.54) is 18.2 Å². The van der Waals surface area contributed by atoms with Crippen molar-refractivity contribution < 1.29 is 18.0 Å². The predicted molar refractivity (Wildman–Crippen MR) is 68.3 cm³/mol. The van der Waals surface area contributed by atoms with Crippen LogP contribution in [0.25, 0.3) is 6.08 Å². The summed E-state index contributed by atoms with van der Waals surface area (Å²) in [6.07, 6.45) is -3.59. The lowest BCUT2D eigenvalue weighted by atomic mass is 10.0. The van der Waals surface area contributed by atoms with Crippen LogP contribution in [0.5, 0.6) is 0 Å². The fraction of sp³-hybridized carbons (Fsp3) is 0.286. The summed E-state index contributed by atoms with van der Waals surface area (Å²) in [6.45, 7) is 3.38. The number of rotatable bonds is 3. The monoisotopic (exact) mass is 282 g/mol. The normalized spacial score (nSPS) is 12.2. The third-order valence-electron chi connectivity index (χ3n) is 2.35. The molecule has 0 aromatic heterocycles. The zero-order valence-electron chi connectivity index (χ0n) is 11.0. The van der Waals surface area contributed by atoms with Crippen molar-refractivity contribution in [3.8, 4) is 6.07 Å². The molecule has 0 fully saturated rings. The van der Waals surface area contributed by atoms with Crippen molar-refractivity contribution in [2.75, 3.05) is 0 Å². The van der Waals surface area contributed by atoms with Crippen LogP contribution in [0.1, 0.15) is 25.0 Å². The maximum atomic E-state index is 12.8. The summed E-state index contributed by atoms with van der Waals surface area (Å²) in [5.41, 5.74) is -1.46. The standard InChI is InChI=1S/C14H13F3N2O/c1-9(2)19-13(20)11(8-18)7-10-5-3-4-6-12(10)14(15,16)17/h3-7,9H,1-2H3,(H,19,20). The minimum Gasteiger partial charge on any atom is -0.349 e. The van der Waals surface area contributed by atoms with E-state index < -0.39 is 17.6 Å². The molecule has 0 unspecified atom stereocenters. The third kappa shape index (κ3) is 4.12. The van der Waals surface area contributed by atoms with E-state index in [0.29, 0.717) is 0 Å². The molecule has 0 radical (unpaired) electrons. The number of amides is 1. The molecule has 0 saturated carbocycles. The summed E-state index contributed by atoms with van der Waals surface area (Å²) in [5, 5.41) is 11.4. The number of carbonyl (C=O) groups excluding carboxylic acids is 1. The van der Waals surface area contributed by atoms with Gasteiger partial charge in [0.25, 0.3) is 5.91 Å². The highest BCUT2D eigenvalue weighted by atomic mass is 19.4. The van der Waals surface area contributed by atoms with Crippen LogP contribution in [0, 0.1) is 11.3 Å². The van der Waals surface area contributed by atoms with Gasteiger partial charge in [0.15, 0.2) is 0 Å². The van der Waals surface area contributed by atoms with E-state index in [1.54, 1.807) is 19.9 Å². The van der Waals surface area contributed by atoms with Gasteiger partial charge in [-0.25, -0.2) is 0 Å². The molecule has 1 N–H and O–H groups in total. The molecule has 6 heteroatoms. The summed E-state index contributed by atoms with van der Waals surface area (Å²) in [7, 11) is 0. The van der Waals surface area contributed by atoms with Crippen molar-refractivity contribution in [2.24, 2.45) is 0 Å². The van der Waals surface area contributed by atoms with Gasteiger partial charge in [-0.05, 0) is 31.6 Å². The zero-order valence-corrected chi connectivity index (χ0v) is 11.0. The molecular formula is C14H13F3N2O. The second-order valence-electron chi connectivity index (χ2n) is 4.38. The van der Waals surface area contributed by atoms with Crippen LogP contribution < -0.4 is 5.32 Å². The lowest BCUT2D eigenvalue weighted by Gasteiger charge is -2.11. The molecule has 106 valence electrons. The van der Waals surface area contributed by atoms with Gasteiger partial charge in [-0.1, -0.05) is 18.2 Å². The Morgan fingerprint density at radius 3 is 2.45 bits per heavy atom. The zero-order chi connectivity index (χ0) is 15.3. The van der Waals surface area contributed by atoms with E-state index in [9.17, 15) is 18.0 Å². The van der Waals surface area contributed by atoms with Crippen molar-refractivity contribution in [1.29, 1.82) is 5.26 Å². The number of carbonyl (C=O) groups is 1. The van der Waals surface area contributed by atoms with Crippen molar-refractivity contribution in [3.05, 3.63) is 41.0 Å². The highest BCUT2D eigenvalue weighted by Gasteiger charge is 2.32. The molecular weight excluding hydrogens is 269 g/mol. The number of benzene rings is 1. The number of alkyl halides is 3. The van der Waals surface area contributed by atoms with Crippen LogP contribution >= 0.6 is 0 Å². The first kappa shape index (κ1) is 15.8. The van der Waals surface area contributed by atoms with Crippen molar-refractivity contribution in [2.45, 2.75) is 26.1 Å². The maximum absolute atomic E-state index is 12.8. The van der Waals surface area contributed by atoms with Gasteiger partial charge in [0.2, 0.25) is 0 Å². The quantitative estimate of drug-likeness (QED) is 0.684. The van der Waals surface area contributed by atoms with Crippen molar-refractivity contribution >= 4 is 12.0 Å².